The Morgan fingerprint density at radius 3 is 2.92 bits per heavy atom. The summed E-state index contributed by atoms with van der Waals surface area (Å²) >= 11 is 5.75. The summed E-state index contributed by atoms with van der Waals surface area (Å²) < 4.78 is 1.62. The molecule has 0 saturated heterocycles. The van der Waals surface area contributed by atoms with Crippen molar-refractivity contribution in [3.8, 4) is 0 Å². The number of halogens is 1. The van der Waals surface area contributed by atoms with Crippen LogP contribution in [0.4, 0.5) is 0 Å². The van der Waals surface area contributed by atoms with Crippen molar-refractivity contribution < 1.29 is 4.79 Å². The van der Waals surface area contributed by atoms with Gasteiger partial charge in [0, 0.05) is 19.8 Å². The minimum Gasteiger partial charge on any atom is -0.354 e. The number of hydrogen-bond donors (Lipinski definition) is 1. The number of rotatable bonds is 2. The molecule has 0 aliphatic carbocycles. The Bertz CT molecular complexity index is 295. The smallest absolute Gasteiger partial charge is 0.273 e. The highest BCUT2D eigenvalue weighted by atomic mass is 35.5. The molecule has 0 aliphatic heterocycles. The highest BCUT2D eigenvalue weighted by Gasteiger charge is 2.12. The lowest BCUT2D eigenvalue weighted by molar-refractivity contribution is 0.0957. The Kier molecular flexibility index (Phi) is 2.70. The molecule has 4 nitrogen and oxygen atoms in total. The quantitative estimate of drug-likeness (QED) is 0.749. The number of carbonyl (C=O) groups is 1. The van der Waals surface area contributed by atoms with E-state index in [1.165, 1.54) is 0 Å². The molecule has 1 amide bonds. The summed E-state index contributed by atoms with van der Waals surface area (Å²) in [5, 5.41) is 6.82. The highest BCUT2D eigenvalue weighted by molar-refractivity contribution is 6.33. The number of aromatic nitrogens is 2. The first-order valence-electron chi connectivity index (χ1n) is 3.64. The van der Waals surface area contributed by atoms with Crippen LogP contribution >= 0.6 is 11.6 Å². The summed E-state index contributed by atoms with van der Waals surface area (Å²) in [5.74, 6) is -0.257. The lowest BCUT2D eigenvalue weighted by Crippen LogP contribution is -2.19. The highest BCUT2D eigenvalue weighted by Crippen LogP contribution is 2.13. The maximum absolute atomic E-state index is 11.1. The molecule has 0 saturated carbocycles. The average Bonchev–Trinajstić information content (AvgIpc) is 2.45. The van der Waals surface area contributed by atoms with Crippen LogP contribution in [0, 0.1) is 0 Å². The third-order valence-electron chi connectivity index (χ3n) is 1.48. The first kappa shape index (κ1) is 9.06. The van der Waals surface area contributed by atoms with Gasteiger partial charge in [-0.05, 0) is 6.92 Å². The molecule has 1 rings (SSSR count). The zero-order chi connectivity index (χ0) is 9.14. The van der Waals surface area contributed by atoms with Crippen LogP contribution in [-0.2, 0) is 6.54 Å². The van der Waals surface area contributed by atoms with Gasteiger partial charge in [-0.25, -0.2) is 0 Å². The summed E-state index contributed by atoms with van der Waals surface area (Å²) in [4.78, 5) is 11.1. The third-order valence-corrected chi connectivity index (χ3v) is 1.76. The predicted octanol–water partition coefficient (Wildman–Crippen LogP) is 0.916. The van der Waals surface area contributed by atoms with E-state index in [0.717, 1.165) is 0 Å². The molecule has 0 aromatic carbocycles. The van der Waals surface area contributed by atoms with Gasteiger partial charge in [-0.2, -0.15) is 5.10 Å². The van der Waals surface area contributed by atoms with Crippen LogP contribution in [0.3, 0.4) is 0 Å². The molecule has 1 N–H and O–H groups in total. The van der Waals surface area contributed by atoms with Gasteiger partial charge in [-0.15, -0.1) is 0 Å². The molecular formula is C7H10ClN3O. The van der Waals surface area contributed by atoms with E-state index in [0.29, 0.717) is 11.6 Å². The number of carbonyl (C=O) groups excluding carboxylic acids is 1. The second-order valence-electron chi connectivity index (χ2n) is 2.26. The van der Waals surface area contributed by atoms with Crippen molar-refractivity contribution in [3.63, 3.8) is 0 Å². The fourth-order valence-electron chi connectivity index (χ4n) is 0.831. The first-order valence-corrected chi connectivity index (χ1v) is 4.01. The largest absolute Gasteiger partial charge is 0.354 e. The molecule has 1 aromatic heterocycles. The Morgan fingerprint density at radius 1 is 1.83 bits per heavy atom. The van der Waals surface area contributed by atoms with Gasteiger partial charge in [0.25, 0.3) is 5.91 Å². The molecule has 0 atom stereocenters. The van der Waals surface area contributed by atoms with Gasteiger partial charge in [0.1, 0.15) is 0 Å². The number of hydrogen-bond acceptors (Lipinski definition) is 2. The minimum absolute atomic E-state index is 0.257. The van der Waals surface area contributed by atoms with Crippen molar-refractivity contribution in [3.05, 3.63) is 16.9 Å². The molecule has 66 valence electrons. The summed E-state index contributed by atoms with van der Waals surface area (Å²) in [7, 11) is 1.55. The third kappa shape index (κ3) is 1.58. The Labute approximate surface area is 75.5 Å². The van der Waals surface area contributed by atoms with Gasteiger partial charge in [0.05, 0.1) is 5.02 Å². The standard InChI is InChI=1S/C7H10ClN3O/c1-3-11-4-5(8)6(10-11)7(12)9-2/h4H,3H2,1-2H3,(H,9,12). The Hall–Kier alpha value is -1.03. The topological polar surface area (TPSA) is 46.9 Å². The van der Waals surface area contributed by atoms with Crippen LogP contribution in [0.2, 0.25) is 5.02 Å². The predicted molar refractivity (Wildman–Crippen MR) is 46.3 cm³/mol. The Balaban J connectivity index is 2.99. The van der Waals surface area contributed by atoms with Crippen molar-refractivity contribution in [2.24, 2.45) is 0 Å². The van der Waals surface area contributed by atoms with E-state index in [1.54, 1.807) is 17.9 Å². The fourth-order valence-corrected chi connectivity index (χ4v) is 1.07. The summed E-state index contributed by atoms with van der Waals surface area (Å²) in [6, 6.07) is 0. The summed E-state index contributed by atoms with van der Waals surface area (Å²) in [6.07, 6.45) is 1.63. The van der Waals surface area contributed by atoms with Crippen LogP contribution in [0.1, 0.15) is 17.4 Å². The molecule has 12 heavy (non-hydrogen) atoms. The molecule has 0 aliphatic rings. The number of aryl methyl sites for hydroxylation is 1. The summed E-state index contributed by atoms with van der Waals surface area (Å²) in [6.45, 7) is 2.63. The average molecular weight is 188 g/mol. The maximum atomic E-state index is 11.1. The van der Waals surface area contributed by atoms with Gasteiger partial charge < -0.3 is 5.32 Å². The van der Waals surface area contributed by atoms with Gasteiger partial charge in [-0.1, -0.05) is 11.6 Å². The number of nitrogens with zero attached hydrogens (tertiary/aromatic N) is 2. The molecule has 0 spiro atoms. The van der Waals surface area contributed by atoms with Crippen molar-refractivity contribution in [1.82, 2.24) is 15.1 Å². The van der Waals surface area contributed by atoms with Crippen LogP contribution in [-0.4, -0.2) is 22.7 Å². The SMILES string of the molecule is CCn1cc(Cl)c(C(=O)NC)n1. The zero-order valence-corrected chi connectivity index (χ0v) is 7.72. The zero-order valence-electron chi connectivity index (χ0n) is 6.97. The van der Waals surface area contributed by atoms with Crippen molar-refractivity contribution in [2.45, 2.75) is 13.5 Å². The van der Waals surface area contributed by atoms with Crippen molar-refractivity contribution in [2.75, 3.05) is 7.05 Å². The molecule has 1 aromatic rings. The van der Waals surface area contributed by atoms with E-state index in [2.05, 4.69) is 10.4 Å². The first-order chi connectivity index (χ1) is 5.69. The molecule has 0 unspecified atom stereocenters. The fraction of sp³-hybridized carbons (Fsp3) is 0.429. The van der Waals surface area contributed by atoms with Crippen LogP contribution in [0.25, 0.3) is 0 Å². The normalized spacial score (nSPS) is 9.92. The lowest BCUT2D eigenvalue weighted by Gasteiger charge is -1.93. The van der Waals surface area contributed by atoms with Gasteiger partial charge in [-0.3, -0.25) is 9.48 Å². The molecule has 0 bridgehead atoms. The van der Waals surface area contributed by atoms with Crippen molar-refractivity contribution >= 4 is 17.5 Å². The van der Waals surface area contributed by atoms with Gasteiger partial charge >= 0.3 is 0 Å². The molecular weight excluding hydrogens is 178 g/mol. The second-order valence-corrected chi connectivity index (χ2v) is 2.67. The number of nitrogens with one attached hydrogen (secondary N) is 1. The Morgan fingerprint density at radius 2 is 2.50 bits per heavy atom. The van der Waals surface area contributed by atoms with E-state index in [-0.39, 0.29) is 11.6 Å². The molecule has 5 heteroatoms. The molecule has 0 fully saturated rings. The van der Waals surface area contributed by atoms with E-state index in [9.17, 15) is 4.79 Å². The molecule has 1 heterocycles. The van der Waals surface area contributed by atoms with Crippen LogP contribution in [0.15, 0.2) is 6.20 Å². The van der Waals surface area contributed by atoms with Crippen LogP contribution < -0.4 is 5.32 Å². The van der Waals surface area contributed by atoms with E-state index >= 15 is 0 Å². The van der Waals surface area contributed by atoms with Crippen LogP contribution in [0.5, 0.6) is 0 Å². The molecule has 0 radical (unpaired) electrons. The van der Waals surface area contributed by atoms with E-state index in [1.807, 2.05) is 6.92 Å². The van der Waals surface area contributed by atoms with Gasteiger partial charge in [0.15, 0.2) is 5.69 Å². The van der Waals surface area contributed by atoms with E-state index in [4.69, 9.17) is 11.6 Å². The monoisotopic (exact) mass is 187 g/mol. The number of amides is 1. The van der Waals surface area contributed by atoms with Crippen molar-refractivity contribution in [1.29, 1.82) is 0 Å². The minimum atomic E-state index is -0.257. The second kappa shape index (κ2) is 3.58. The van der Waals surface area contributed by atoms with Gasteiger partial charge in [0.2, 0.25) is 0 Å². The lowest BCUT2D eigenvalue weighted by atomic mass is 10.4. The maximum Gasteiger partial charge on any atom is 0.273 e. The summed E-state index contributed by atoms with van der Waals surface area (Å²) in [5.41, 5.74) is 0.279. The van der Waals surface area contributed by atoms with E-state index < -0.39 is 0 Å².